The quantitative estimate of drug-likeness (QED) is 0.206. The standard InChI is InChI=1S/C25H20ClNO3S2/c26-21-12-4-5-13-22(21)30-15-7-14-29-20-11-6-8-18(16-20)17-23-24(28)27(25(31)32-23)19-9-2-1-3-10-19/h1-6,8-13,16-17H,7,14-15H2. The molecule has 7 heteroatoms. The predicted octanol–water partition coefficient (Wildman–Crippen LogP) is 6.59. The lowest BCUT2D eigenvalue weighted by atomic mass is 10.2. The Bertz CT molecular complexity index is 1150. The summed E-state index contributed by atoms with van der Waals surface area (Å²) in [6.07, 6.45) is 2.56. The van der Waals surface area contributed by atoms with Crippen LogP contribution in [0, 0.1) is 0 Å². The molecule has 0 aromatic heterocycles. The average molecular weight is 482 g/mol. The molecule has 0 aliphatic carbocycles. The van der Waals surface area contributed by atoms with Crippen LogP contribution in [0.25, 0.3) is 6.08 Å². The SMILES string of the molecule is O=C1C(=Cc2cccc(OCCCOc3ccccc3Cl)c2)SC(=S)N1c1ccccc1. The van der Waals surface area contributed by atoms with Crippen LogP contribution in [0.2, 0.25) is 5.02 Å². The maximum atomic E-state index is 12.9. The van der Waals surface area contributed by atoms with E-state index in [0.29, 0.717) is 39.6 Å². The molecule has 1 heterocycles. The molecule has 3 aromatic carbocycles. The Kier molecular flexibility index (Phi) is 7.47. The van der Waals surface area contributed by atoms with E-state index in [-0.39, 0.29) is 5.91 Å². The highest BCUT2D eigenvalue weighted by atomic mass is 35.5. The van der Waals surface area contributed by atoms with Crippen LogP contribution in [0.1, 0.15) is 12.0 Å². The van der Waals surface area contributed by atoms with Crippen LogP contribution in [0.5, 0.6) is 11.5 Å². The van der Waals surface area contributed by atoms with Gasteiger partial charge in [0.25, 0.3) is 5.91 Å². The van der Waals surface area contributed by atoms with Gasteiger partial charge in [-0.05, 0) is 48.0 Å². The van der Waals surface area contributed by atoms with E-state index in [9.17, 15) is 4.79 Å². The molecule has 0 atom stereocenters. The van der Waals surface area contributed by atoms with E-state index in [1.54, 1.807) is 11.0 Å². The zero-order valence-electron chi connectivity index (χ0n) is 17.1. The average Bonchev–Trinajstić information content (AvgIpc) is 3.08. The summed E-state index contributed by atoms with van der Waals surface area (Å²) in [4.78, 5) is 15.0. The lowest BCUT2D eigenvalue weighted by Gasteiger charge is -2.13. The zero-order valence-corrected chi connectivity index (χ0v) is 19.5. The van der Waals surface area contributed by atoms with E-state index >= 15 is 0 Å². The van der Waals surface area contributed by atoms with Gasteiger partial charge in [0.05, 0.1) is 28.8 Å². The number of halogens is 1. The minimum absolute atomic E-state index is 0.116. The van der Waals surface area contributed by atoms with E-state index in [0.717, 1.165) is 17.0 Å². The molecular formula is C25H20ClNO3S2. The van der Waals surface area contributed by atoms with Crippen molar-refractivity contribution >= 4 is 57.6 Å². The molecule has 1 saturated heterocycles. The molecule has 4 rings (SSSR count). The summed E-state index contributed by atoms with van der Waals surface area (Å²) >= 11 is 12.8. The number of hydrogen-bond donors (Lipinski definition) is 0. The highest BCUT2D eigenvalue weighted by molar-refractivity contribution is 8.27. The Hall–Kier alpha value is -2.80. The molecule has 0 saturated carbocycles. The highest BCUT2D eigenvalue weighted by Crippen LogP contribution is 2.36. The van der Waals surface area contributed by atoms with Crippen LogP contribution < -0.4 is 14.4 Å². The molecule has 0 N–H and O–H groups in total. The monoisotopic (exact) mass is 481 g/mol. The van der Waals surface area contributed by atoms with Crippen molar-refractivity contribution in [2.45, 2.75) is 6.42 Å². The molecule has 0 spiro atoms. The third kappa shape index (κ3) is 5.51. The molecule has 1 fully saturated rings. The smallest absolute Gasteiger partial charge is 0.270 e. The van der Waals surface area contributed by atoms with Crippen molar-refractivity contribution in [3.8, 4) is 11.5 Å². The summed E-state index contributed by atoms with van der Waals surface area (Å²) in [6.45, 7) is 1.01. The normalized spacial score (nSPS) is 14.8. The number of thioether (sulfide) groups is 1. The van der Waals surface area contributed by atoms with Gasteiger partial charge in [-0.25, -0.2) is 0 Å². The van der Waals surface area contributed by atoms with Crippen molar-refractivity contribution in [2.24, 2.45) is 0 Å². The molecule has 3 aromatic rings. The van der Waals surface area contributed by atoms with Crippen LogP contribution in [0.4, 0.5) is 5.69 Å². The van der Waals surface area contributed by atoms with Gasteiger partial charge in [-0.1, -0.05) is 78.0 Å². The van der Waals surface area contributed by atoms with Gasteiger partial charge in [-0.15, -0.1) is 0 Å². The third-order valence-electron chi connectivity index (χ3n) is 4.62. The summed E-state index contributed by atoms with van der Waals surface area (Å²) in [5.74, 6) is 1.29. The molecule has 1 aliphatic rings. The molecule has 32 heavy (non-hydrogen) atoms. The second kappa shape index (κ2) is 10.7. The first-order valence-electron chi connectivity index (χ1n) is 10.0. The Balaban J connectivity index is 1.34. The van der Waals surface area contributed by atoms with Crippen LogP contribution in [0.3, 0.4) is 0 Å². The number of nitrogens with zero attached hydrogens (tertiary/aromatic N) is 1. The van der Waals surface area contributed by atoms with Gasteiger partial charge in [-0.3, -0.25) is 9.69 Å². The van der Waals surface area contributed by atoms with Crippen molar-refractivity contribution in [3.05, 3.63) is 94.4 Å². The Morgan fingerprint density at radius 2 is 1.69 bits per heavy atom. The minimum atomic E-state index is -0.116. The van der Waals surface area contributed by atoms with Gasteiger partial charge in [0.15, 0.2) is 4.32 Å². The molecule has 162 valence electrons. The third-order valence-corrected chi connectivity index (χ3v) is 6.23. The first-order valence-corrected chi connectivity index (χ1v) is 11.7. The van der Waals surface area contributed by atoms with Crippen molar-refractivity contribution in [1.82, 2.24) is 0 Å². The number of thiocarbonyl (C=S) groups is 1. The van der Waals surface area contributed by atoms with Gasteiger partial charge < -0.3 is 9.47 Å². The summed E-state index contributed by atoms with van der Waals surface area (Å²) in [6, 6.07) is 24.4. The van der Waals surface area contributed by atoms with Crippen molar-refractivity contribution in [1.29, 1.82) is 0 Å². The van der Waals surface area contributed by atoms with Crippen molar-refractivity contribution < 1.29 is 14.3 Å². The highest BCUT2D eigenvalue weighted by Gasteiger charge is 2.33. The van der Waals surface area contributed by atoms with Crippen LogP contribution in [-0.2, 0) is 4.79 Å². The number of anilines is 1. The van der Waals surface area contributed by atoms with Gasteiger partial charge >= 0.3 is 0 Å². The van der Waals surface area contributed by atoms with Crippen LogP contribution >= 0.6 is 35.6 Å². The minimum Gasteiger partial charge on any atom is -0.493 e. The van der Waals surface area contributed by atoms with E-state index in [1.165, 1.54) is 11.8 Å². The largest absolute Gasteiger partial charge is 0.493 e. The number of carbonyl (C=O) groups is 1. The molecule has 0 bridgehead atoms. The van der Waals surface area contributed by atoms with Gasteiger partial charge in [0.2, 0.25) is 0 Å². The topological polar surface area (TPSA) is 38.8 Å². The fourth-order valence-corrected chi connectivity index (χ4v) is 4.60. The number of hydrogen-bond acceptors (Lipinski definition) is 5. The second-order valence-corrected chi connectivity index (χ2v) is 8.99. The number of ether oxygens (including phenoxy) is 2. The Morgan fingerprint density at radius 3 is 2.50 bits per heavy atom. The van der Waals surface area contributed by atoms with E-state index < -0.39 is 0 Å². The van der Waals surface area contributed by atoms with Crippen molar-refractivity contribution in [2.75, 3.05) is 18.1 Å². The second-order valence-electron chi connectivity index (χ2n) is 6.91. The summed E-state index contributed by atoms with van der Waals surface area (Å²) < 4.78 is 12.1. The molecular weight excluding hydrogens is 462 g/mol. The number of carbonyl (C=O) groups excluding carboxylic acids is 1. The van der Waals surface area contributed by atoms with Crippen molar-refractivity contribution in [3.63, 3.8) is 0 Å². The number of para-hydroxylation sites is 2. The lowest BCUT2D eigenvalue weighted by molar-refractivity contribution is -0.113. The number of rotatable bonds is 8. The fraction of sp³-hybridized carbons (Fsp3) is 0.120. The number of amides is 1. The summed E-state index contributed by atoms with van der Waals surface area (Å²) in [7, 11) is 0. The number of benzene rings is 3. The van der Waals surface area contributed by atoms with E-state index in [1.807, 2.05) is 78.9 Å². The first-order chi connectivity index (χ1) is 15.6. The fourth-order valence-electron chi connectivity index (χ4n) is 3.11. The van der Waals surface area contributed by atoms with Crippen LogP contribution in [0.15, 0.2) is 83.8 Å². The molecule has 0 radical (unpaired) electrons. The summed E-state index contributed by atoms with van der Waals surface area (Å²) in [5.41, 5.74) is 1.65. The molecule has 1 amide bonds. The Labute approximate surface area is 201 Å². The van der Waals surface area contributed by atoms with E-state index in [4.69, 9.17) is 33.3 Å². The molecule has 1 aliphatic heterocycles. The molecule has 4 nitrogen and oxygen atoms in total. The van der Waals surface area contributed by atoms with Crippen LogP contribution in [-0.4, -0.2) is 23.4 Å². The summed E-state index contributed by atoms with van der Waals surface area (Å²) in [5, 5.41) is 0.596. The Morgan fingerprint density at radius 1 is 0.938 bits per heavy atom. The van der Waals surface area contributed by atoms with Gasteiger partial charge in [0.1, 0.15) is 11.5 Å². The van der Waals surface area contributed by atoms with Gasteiger partial charge in [-0.2, -0.15) is 0 Å². The van der Waals surface area contributed by atoms with E-state index in [2.05, 4.69) is 0 Å². The first kappa shape index (κ1) is 22.4. The van der Waals surface area contributed by atoms with Gasteiger partial charge in [0, 0.05) is 6.42 Å². The molecule has 0 unspecified atom stereocenters. The lowest BCUT2D eigenvalue weighted by Crippen LogP contribution is -2.27. The maximum Gasteiger partial charge on any atom is 0.270 e. The zero-order chi connectivity index (χ0) is 22.3. The predicted molar refractivity (Wildman–Crippen MR) is 136 cm³/mol. The maximum absolute atomic E-state index is 12.9.